The Morgan fingerprint density at radius 2 is 2.07 bits per heavy atom. The second kappa shape index (κ2) is 3.69. The van der Waals surface area contributed by atoms with Crippen LogP contribution in [0.2, 0.25) is 5.02 Å². The van der Waals surface area contributed by atoms with Crippen molar-refractivity contribution in [2.75, 3.05) is 11.9 Å². The summed E-state index contributed by atoms with van der Waals surface area (Å²) in [4.78, 5) is 0. The summed E-state index contributed by atoms with van der Waals surface area (Å²) in [6.07, 6.45) is 2.23. The van der Waals surface area contributed by atoms with E-state index in [1.807, 2.05) is 13.0 Å². The minimum absolute atomic E-state index is 0.0145. The van der Waals surface area contributed by atoms with Crippen LogP contribution >= 0.6 is 11.6 Å². The van der Waals surface area contributed by atoms with Gasteiger partial charge in [0.15, 0.2) is 0 Å². The highest BCUT2D eigenvalue weighted by Gasteiger charge is 2.37. The van der Waals surface area contributed by atoms with Gasteiger partial charge in [-0.3, -0.25) is 0 Å². The number of benzene rings is 1. The van der Waals surface area contributed by atoms with Gasteiger partial charge < -0.3 is 11.1 Å². The number of nitrogens with two attached hydrogens (primary N) is 1. The molecule has 0 saturated heterocycles. The number of nitrogens with one attached hydrogen (secondary N) is 1. The van der Waals surface area contributed by atoms with Crippen molar-refractivity contribution >= 4 is 17.3 Å². The number of hydrogen-bond donors (Lipinski definition) is 2. The van der Waals surface area contributed by atoms with E-state index < -0.39 is 0 Å². The van der Waals surface area contributed by atoms with Crippen molar-refractivity contribution in [1.29, 1.82) is 0 Å². The zero-order chi connectivity index (χ0) is 11.1. The minimum Gasteiger partial charge on any atom is -0.382 e. The zero-order valence-electron chi connectivity index (χ0n) is 9.23. The third kappa shape index (κ3) is 2.44. The van der Waals surface area contributed by atoms with Gasteiger partial charge in [0.05, 0.1) is 10.7 Å². The molecule has 0 aromatic heterocycles. The first-order valence-electron chi connectivity index (χ1n) is 5.30. The van der Waals surface area contributed by atoms with Crippen LogP contribution in [-0.4, -0.2) is 12.1 Å². The lowest BCUT2D eigenvalue weighted by atomic mass is 10.1. The normalized spacial score (nSPS) is 17.6. The summed E-state index contributed by atoms with van der Waals surface area (Å²) >= 11 is 6.18. The van der Waals surface area contributed by atoms with E-state index in [1.165, 1.54) is 11.1 Å². The molecule has 1 aliphatic rings. The van der Waals surface area contributed by atoms with Crippen molar-refractivity contribution in [2.45, 2.75) is 32.2 Å². The number of anilines is 1. The Labute approximate surface area is 95.8 Å². The van der Waals surface area contributed by atoms with Crippen LogP contribution in [0.1, 0.15) is 24.0 Å². The van der Waals surface area contributed by atoms with Crippen LogP contribution in [0.25, 0.3) is 0 Å². The molecule has 1 aliphatic carbocycles. The van der Waals surface area contributed by atoms with Gasteiger partial charge in [-0.25, -0.2) is 0 Å². The molecule has 2 nitrogen and oxygen atoms in total. The Kier molecular flexibility index (Phi) is 2.65. The van der Waals surface area contributed by atoms with E-state index in [-0.39, 0.29) is 5.54 Å². The molecule has 0 aliphatic heterocycles. The zero-order valence-corrected chi connectivity index (χ0v) is 9.99. The lowest BCUT2D eigenvalue weighted by Gasteiger charge is -2.15. The van der Waals surface area contributed by atoms with Crippen LogP contribution in [-0.2, 0) is 0 Å². The Morgan fingerprint density at radius 1 is 1.40 bits per heavy atom. The summed E-state index contributed by atoms with van der Waals surface area (Å²) in [5.74, 6) is 0. The molecule has 1 aromatic carbocycles. The predicted molar refractivity (Wildman–Crippen MR) is 65.6 cm³/mol. The number of aryl methyl sites for hydroxylation is 2. The van der Waals surface area contributed by atoms with Crippen molar-refractivity contribution in [3.05, 3.63) is 28.3 Å². The SMILES string of the molecule is Cc1cc(C)c(NCC2(N)CC2)c(Cl)c1. The van der Waals surface area contributed by atoms with Crippen LogP contribution in [0.4, 0.5) is 5.69 Å². The highest BCUT2D eigenvalue weighted by atomic mass is 35.5. The number of halogens is 1. The molecule has 1 saturated carbocycles. The molecule has 3 heteroatoms. The molecule has 0 atom stereocenters. The molecule has 0 radical (unpaired) electrons. The third-order valence-corrected chi connectivity index (χ3v) is 3.24. The average Bonchev–Trinajstić information content (AvgIpc) is 2.82. The molecule has 15 heavy (non-hydrogen) atoms. The van der Waals surface area contributed by atoms with E-state index in [0.717, 1.165) is 30.1 Å². The maximum absolute atomic E-state index is 6.18. The van der Waals surface area contributed by atoms with Gasteiger partial charge in [0.2, 0.25) is 0 Å². The number of hydrogen-bond acceptors (Lipinski definition) is 2. The third-order valence-electron chi connectivity index (χ3n) is 2.94. The fourth-order valence-electron chi connectivity index (χ4n) is 1.74. The van der Waals surface area contributed by atoms with E-state index in [2.05, 4.69) is 18.3 Å². The molecule has 0 spiro atoms. The topological polar surface area (TPSA) is 38.0 Å². The highest BCUT2D eigenvalue weighted by Crippen LogP contribution is 2.34. The standard InChI is InChI=1S/C12H17ClN2/c1-8-5-9(2)11(10(13)6-8)15-7-12(14)3-4-12/h5-6,15H,3-4,7,14H2,1-2H3. The van der Waals surface area contributed by atoms with Gasteiger partial charge in [-0.15, -0.1) is 0 Å². The second-order valence-corrected chi connectivity index (χ2v) is 5.06. The molecule has 0 unspecified atom stereocenters. The summed E-state index contributed by atoms with van der Waals surface area (Å²) in [5, 5.41) is 4.14. The van der Waals surface area contributed by atoms with Crippen LogP contribution < -0.4 is 11.1 Å². The highest BCUT2D eigenvalue weighted by molar-refractivity contribution is 6.33. The fourth-order valence-corrected chi connectivity index (χ4v) is 2.13. The molecule has 3 N–H and O–H groups in total. The van der Waals surface area contributed by atoms with E-state index in [0.29, 0.717) is 0 Å². The van der Waals surface area contributed by atoms with Gasteiger partial charge in [0, 0.05) is 12.1 Å². The first-order valence-corrected chi connectivity index (χ1v) is 5.67. The lowest BCUT2D eigenvalue weighted by molar-refractivity contribution is 0.713. The van der Waals surface area contributed by atoms with Crippen LogP contribution in [0.15, 0.2) is 12.1 Å². The Hall–Kier alpha value is -0.730. The molecule has 1 aromatic rings. The maximum atomic E-state index is 6.18. The van der Waals surface area contributed by atoms with Crippen molar-refractivity contribution in [1.82, 2.24) is 0 Å². The molecule has 1 fully saturated rings. The number of rotatable bonds is 3. The monoisotopic (exact) mass is 224 g/mol. The van der Waals surface area contributed by atoms with Crippen molar-refractivity contribution in [3.63, 3.8) is 0 Å². The van der Waals surface area contributed by atoms with Crippen molar-refractivity contribution < 1.29 is 0 Å². The Morgan fingerprint density at radius 3 is 2.60 bits per heavy atom. The van der Waals surface area contributed by atoms with Crippen LogP contribution in [0.3, 0.4) is 0 Å². The van der Waals surface area contributed by atoms with Gasteiger partial charge >= 0.3 is 0 Å². The predicted octanol–water partition coefficient (Wildman–Crippen LogP) is 2.86. The van der Waals surface area contributed by atoms with Gasteiger partial charge in [-0.2, -0.15) is 0 Å². The van der Waals surface area contributed by atoms with Gasteiger partial charge in [-0.1, -0.05) is 17.7 Å². The summed E-state index contributed by atoms with van der Waals surface area (Å²) in [6, 6.07) is 4.11. The lowest BCUT2D eigenvalue weighted by Crippen LogP contribution is -2.31. The summed E-state index contributed by atoms with van der Waals surface area (Å²) < 4.78 is 0. The molecule has 2 rings (SSSR count). The Bertz CT molecular complexity index is 360. The maximum Gasteiger partial charge on any atom is 0.0642 e. The summed E-state index contributed by atoms with van der Waals surface area (Å²) in [7, 11) is 0. The van der Waals surface area contributed by atoms with Gasteiger partial charge in [-0.05, 0) is 43.9 Å². The smallest absolute Gasteiger partial charge is 0.0642 e. The van der Waals surface area contributed by atoms with E-state index in [4.69, 9.17) is 17.3 Å². The van der Waals surface area contributed by atoms with Gasteiger partial charge in [0.25, 0.3) is 0 Å². The molecule has 82 valence electrons. The first-order chi connectivity index (χ1) is 7.00. The molecular weight excluding hydrogens is 208 g/mol. The quantitative estimate of drug-likeness (QED) is 0.829. The van der Waals surface area contributed by atoms with Crippen molar-refractivity contribution in [3.8, 4) is 0 Å². The summed E-state index contributed by atoms with van der Waals surface area (Å²) in [5.41, 5.74) is 9.44. The molecular formula is C12H17ClN2. The van der Waals surface area contributed by atoms with E-state index in [1.54, 1.807) is 0 Å². The summed E-state index contributed by atoms with van der Waals surface area (Å²) in [6.45, 7) is 4.93. The largest absolute Gasteiger partial charge is 0.382 e. The fraction of sp³-hybridized carbons (Fsp3) is 0.500. The first kappa shape index (κ1) is 10.8. The Balaban J connectivity index is 2.13. The molecule has 0 amide bonds. The van der Waals surface area contributed by atoms with Crippen molar-refractivity contribution in [2.24, 2.45) is 5.73 Å². The van der Waals surface area contributed by atoms with Crippen LogP contribution in [0, 0.1) is 13.8 Å². The van der Waals surface area contributed by atoms with Gasteiger partial charge in [0.1, 0.15) is 0 Å². The second-order valence-electron chi connectivity index (χ2n) is 4.65. The average molecular weight is 225 g/mol. The van der Waals surface area contributed by atoms with Crippen LogP contribution in [0.5, 0.6) is 0 Å². The van der Waals surface area contributed by atoms with E-state index in [9.17, 15) is 0 Å². The minimum atomic E-state index is 0.0145. The molecule has 0 heterocycles. The molecule has 0 bridgehead atoms. The van der Waals surface area contributed by atoms with E-state index >= 15 is 0 Å².